The molecule has 0 amide bonds. The van der Waals surface area contributed by atoms with Crippen LogP contribution in [0.5, 0.6) is 5.75 Å². The Morgan fingerprint density at radius 1 is 1.04 bits per heavy atom. The SMILES string of the molecule is CC(C)COc1ccc2c(c1)C1C=CCC1C(c1ccc(C(C)C)cc1)N2. The molecule has 1 N–H and O–H groups in total. The predicted molar refractivity (Wildman–Crippen MR) is 114 cm³/mol. The van der Waals surface area contributed by atoms with Crippen LogP contribution < -0.4 is 10.1 Å². The first-order valence-electron chi connectivity index (χ1n) is 10.3. The van der Waals surface area contributed by atoms with Gasteiger partial charge >= 0.3 is 0 Å². The van der Waals surface area contributed by atoms with Gasteiger partial charge < -0.3 is 10.1 Å². The number of hydrogen-bond acceptors (Lipinski definition) is 2. The Hall–Kier alpha value is -2.22. The van der Waals surface area contributed by atoms with Crippen molar-refractivity contribution in [1.29, 1.82) is 0 Å². The van der Waals surface area contributed by atoms with Crippen LogP contribution in [-0.4, -0.2) is 6.61 Å². The van der Waals surface area contributed by atoms with Crippen LogP contribution in [0.25, 0.3) is 0 Å². The zero-order chi connectivity index (χ0) is 19.0. The highest BCUT2D eigenvalue weighted by Crippen LogP contribution is 2.50. The summed E-state index contributed by atoms with van der Waals surface area (Å²) in [7, 11) is 0. The van der Waals surface area contributed by atoms with E-state index in [1.165, 1.54) is 22.4 Å². The van der Waals surface area contributed by atoms with E-state index in [-0.39, 0.29) is 0 Å². The van der Waals surface area contributed by atoms with Crippen molar-refractivity contribution in [2.75, 3.05) is 11.9 Å². The summed E-state index contributed by atoms with van der Waals surface area (Å²) in [5, 5.41) is 3.83. The van der Waals surface area contributed by atoms with Crippen molar-refractivity contribution in [3.8, 4) is 5.75 Å². The molecule has 2 aromatic carbocycles. The van der Waals surface area contributed by atoms with E-state index in [4.69, 9.17) is 4.74 Å². The van der Waals surface area contributed by atoms with Crippen LogP contribution in [0.2, 0.25) is 0 Å². The Kier molecular flexibility index (Phi) is 4.99. The van der Waals surface area contributed by atoms with E-state index in [1.54, 1.807) is 0 Å². The normalized spacial score (nSPS) is 23.3. The molecule has 2 aliphatic rings. The minimum absolute atomic E-state index is 0.362. The summed E-state index contributed by atoms with van der Waals surface area (Å²) in [5.74, 6) is 3.14. The van der Waals surface area contributed by atoms with Gasteiger partial charge in [0.25, 0.3) is 0 Å². The van der Waals surface area contributed by atoms with Gasteiger partial charge in [-0.25, -0.2) is 0 Å². The lowest BCUT2D eigenvalue weighted by Crippen LogP contribution is -2.29. The molecule has 1 aliphatic carbocycles. The third-order valence-electron chi connectivity index (χ3n) is 5.88. The molecule has 0 fully saturated rings. The Morgan fingerprint density at radius 2 is 1.81 bits per heavy atom. The lowest BCUT2D eigenvalue weighted by molar-refractivity contribution is 0.270. The first-order valence-corrected chi connectivity index (χ1v) is 10.3. The molecule has 0 radical (unpaired) electrons. The third-order valence-corrected chi connectivity index (χ3v) is 5.88. The van der Waals surface area contributed by atoms with Gasteiger partial charge in [-0.1, -0.05) is 64.1 Å². The molecule has 2 nitrogen and oxygen atoms in total. The largest absolute Gasteiger partial charge is 0.493 e. The van der Waals surface area contributed by atoms with Crippen molar-refractivity contribution in [3.05, 3.63) is 71.3 Å². The first-order chi connectivity index (χ1) is 13.0. The first kappa shape index (κ1) is 18.2. The van der Waals surface area contributed by atoms with Crippen molar-refractivity contribution in [3.63, 3.8) is 0 Å². The van der Waals surface area contributed by atoms with Gasteiger partial charge in [0.1, 0.15) is 5.75 Å². The Morgan fingerprint density at radius 3 is 2.52 bits per heavy atom. The van der Waals surface area contributed by atoms with Crippen LogP contribution in [0.4, 0.5) is 5.69 Å². The zero-order valence-corrected chi connectivity index (χ0v) is 16.9. The fraction of sp³-hybridized carbons (Fsp3) is 0.440. The number of rotatable bonds is 5. The van der Waals surface area contributed by atoms with Crippen molar-refractivity contribution >= 4 is 5.69 Å². The molecule has 3 atom stereocenters. The molecule has 0 spiro atoms. The Bertz CT molecular complexity index is 819. The van der Waals surface area contributed by atoms with Crippen LogP contribution in [0.15, 0.2) is 54.6 Å². The van der Waals surface area contributed by atoms with Crippen molar-refractivity contribution in [2.45, 2.75) is 52.0 Å². The standard InChI is InChI=1S/C25H31NO/c1-16(2)15-27-20-12-13-24-23(14-20)21-6-5-7-22(21)25(26-24)19-10-8-18(9-11-19)17(3)4/h5-6,8-14,16-17,21-22,25-26H,7,15H2,1-4H3. The van der Waals surface area contributed by atoms with E-state index in [0.29, 0.717) is 29.7 Å². The van der Waals surface area contributed by atoms with E-state index in [2.05, 4.69) is 87.6 Å². The molecule has 0 bridgehead atoms. The maximum absolute atomic E-state index is 5.98. The summed E-state index contributed by atoms with van der Waals surface area (Å²) >= 11 is 0. The van der Waals surface area contributed by atoms with Crippen LogP contribution >= 0.6 is 0 Å². The Labute approximate surface area is 163 Å². The lowest BCUT2D eigenvalue weighted by atomic mass is 9.77. The van der Waals surface area contributed by atoms with E-state index >= 15 is 0 Å². The van der Waals surface area contributed by atoms with E-state index in [9.17, 15) is 0 Å². The average Bonchev–Trinajstić information content (AvgIpc) is 3.16. The summed E-state index contributed by atoms with van der Waals surface area (Å²) in [6.45, 7) is 9.64. The topological polar surface area (TPSA) is 21.3 Å². The molecular formula is C25H31NO. The van der Waals surface area contributed by atoms with Crippen molar-refractivity contribution in [1.82, 2.24) is 0 Å². The van der Waals surface area contributed by atoms with Gasteiger partial charge in [-0.05, 0) is 59.1 Å². The summed E-state index contributed by atoms with van der Waals surface area (Å²) in [5.41, 5.74) is 5.43. The number of hydrogen-bond donors (Lipinski definition) is 1. The molecule has 0 saturated carbocycles. The number of anilines is 1. The van der Waals surface area contributed by atoms with E-state index < -0.39 is 0 Å². The van der Waals surface area contributed by atoms with E-state index in [0.717, 1.165) is 18.8 Å². The zero-order valence-electron chi connectivity index (χ0n) is 16.9. The molecule has 4 rings (SSSR count). The van der Waals surface area contributed by atoms with Gasteiger partial charge in [-0.3, -0.25) is 0 Å². The fourth-order valence-corrected chi connectivity index (χ4v) is 4.34. The number of fused-ring (bicyclic) bond motifs is 3. The summed E-state index contributed by atoms with van der Waals surface area (Å²) in [4.78, 5) is 0. The quantitative estimate of drug-likeness (QED) is 0.600. The van der Waals surface area contributed by atoms with Crippen molar-refractivity contribution < 1.29 is 4.74 Å². The summed E-state index contributed by atoms with van der Waals surface area (Å²) < 4.78 is 5.98. The van der Waals surface area contributed by atoms with E-state index in [1.807, 2.05) is 0 Å². The minimum atomic E-state index is 0.362. The highest BCUT2D eigenvalue weighted by atomic mass is 16.5. The number of ether oxygens (including phenoxy) is 1. The highest BCUT2D eigenvalue weighted by Gasteiger charge is 2.38. The molecule has 142 valence electrons. The molecule has 0 aromatic heterocycles. The molecule has 2 heteroatoms. The maximum atomic E-state index is 5.98. The molecule has 1 heterocycles. The van der Waals surface area contributed by atoms with Gasteiger partial charge in [0, 0.05) is 11.6 Å². The minimum Gasteiger partial charge on any atom is -0.493 e. The highest BCUT2D eigenvalue weighted by molar-refractivity contribution is 5.61. The second-order valence-electron chi connectivity index (χ2n) is 8.75. The average molecular weight is 362 g/mol. The Balaban J connectivity index is 1.62. The molecular weight excluding hydrogens is 330 g/mol. The molecule has 1 aliphatic heterocycles. The van der Waals surface area contributed by atoms with Gasteiger partial charge in [-0.2, -0.15) is 0 Å². The predicted octanol–water partition coefficient (Wildman–Crippen LogP) is 6.67. The molecule has 3 unspecified atom stereocenters. The smallest absolute Gasteiger partial charge is 0.119 e. The third kappa shape index (κ3) is 3.63. The number of nitrogens with one attached hydrogen (secondary N) is 1. The second-order valence-corrected chi connectivity index (χ2v) is 8.75. The number of allylic oxidation sites excluding steroid dienone is 2. The van der Waals surface area contributed by atoms with Gasteiger partial charge in [0.05, 0.1) is 12.6 Å². The van der Waals surface area contributed by atoms with Crippen LogP contribution in [-0.2, 0) is 0 Å². The van der Waals surface area contributed by atoms with Crippen LogP contribution in [0.1, 0.15) is 68.7 Å². The van der Waals surface area contributed by atoms with Crippen LogP contribution in [0, 0.1) is 11.8 Å². The summed E-state index contributed by atoms with van der Waals surface area (Å²) in [6.07, 6.45) is 5.88. The maximum Gasteiger partial charge on any atom is 0.119 e. The molecule has 2 aromatic rings. The number of benzene rings is 2. The lowest BCUT2D eigenvalue weighted by Gasteiger charge is -2.37. The monoisotopic (exact) mass is 361 g/mol. The molecule has 0 saturated heterocycles. The fourth-order valence-electron chi connectivity index (χ4n) is 4.34. The molecule has 27 heavy (non-hydrogen) atoms. The van der Waals surface area contributed by atoms with Gasteiger partial charge in [-0.15, -0.1) is 0 Å². The summed E-state index contributed by atoms with van der Waals surface area (Å²) in [6, 6.07) is 16.1. The van der Waals surface area contributed by atoms with Crippen LogP contribution in [0.3, 0.4) is 0 Å². The second kappa shape index (κ2) is 7.42. The van der Waals surface area contributed by atoms with Crippen molar-refractivity contribution in [2.24, 2.45) is 11.8 Å². The van der Waals surface area contributed by atoms with Gasteiger partial charge in [0.2, 0.25) is 0 Å². The van der Waals surface area contributed by atoms with Gasteiger partial charge in [0.15, 0.2) is 0 Å².